The minimum Gasteiger partial charge on any atom is -0.359 e. The van der Waals surface area contributed by atoms with Crippen LogP contribution in [-0.2, 0) is 24.0 Å². The largest absolute Gasteiger partial charge is 0.359 e. The van der Waals surface area contributed by atoms with Crippen LogP contribution in [0, 0.1) is 0 Å². The number of nitrogens with zero attached hydrogens (tertiary/aromatic N) is 1. The van der Waals surface area contributed by atoms with Gasteiger partial charge in [0.15, 0.2) is 0 Å². The van der Waals surface area contributed by atoms with E-state index in [4.69, 9.17) is 4.84 Å². The van der Waals surface area contributed by atoms with Gasteiger partial charge in [0, 0.05) is 32.7 Å². The van der Waals surface area contributed by atoms with Crippen molar-refractivity contribution in [3.8, 4) is 0 Å². The number of carbonyl (C=O) groups excluding carboxylic acids is 4. The number of hydroxylamine groups is 2. The number of imide groups is 1. The number of amides is 3. The molecule has 7 heteroatoms. The van der Waals surface area contributed by atoms with Crippen LogP contribution in [0.2, 0.25) is 0 Å². The monoisotopic (exact) mass is 284 g/mol. The number of unbranched alkanes of at least 4 members (excludes halogenated alkanes) is 3. The molecule has 1 rings (SSSR count). The molecule has 0 bridgehead atoms. The summed E-state index contributed by atoms with van der Waals surface area (Å²) < 4.78 is 0. The smallest absolute Gasteiger partial charge is 0.333 e. The molecule has 1 N–H and O–H groups in total. The summed E-state index contributed by atoms with van der Waals surface area (Å²) in [6, 6.07) is 0. The minimum atomic E-state index is -0.570. The van der Waals surface area contributed by atoms with Crippen LogP contribution >= 0.6 is 0 Å². The van der Waals surface area contributed by atoms with Crippen molar-refractivity contribution in [2.45, 2.75) is 51.4 Å². The van der Waals surface area contributed by atoms with E-state index in [1.165, 1.54) is 0 Å². The zero-order valence-corrected chi connectivity index (χ0v) is 11.6. The highest BCUT2D eigenvalue weighted by Crippen LogP contribution is 2.13. The van der Waals surface area contributed by atoms with E-state index in [0.29, 0.717) is 17.9 Å². The molecule has 1 aliphatic rings. The van der Waals surface area contributed by atoms with Crippen LogP contribution in [0.5, 0.6) is 0 Å². The van der Waals surface area contributed by atoms with Crippen molar-refractivity contribution in [3.63, 3.8) is 0 Å². The fourth-order valence-electron chi connectivity index (χ4n) is 1.84. The Hall–Kier alpha value is -1.92. The van der Waals surface area contributed by atoms with Crippen LogP contribution in [0.3, 0.4) is 0 Å². The van der Waals surface area contributed by atoms with E-state index in [1.807, 2.05) is 0 Å². The maximum Gasteiger partial charge on any atom is 0.333 e. The van der Waals surface area contributed by atoms with Gasteiger partial charge in [0.05, 0.1) is 0 Å². The normalized spacial score (nSPS) is 14.6. The quantitative estimate of drug-likeness (QED) is 0.522. The molecular weight excluding hydrogens is 264 g/mol. The minimum absolute atomic E-state index is 0.00969. The molecule has 1 saturated heterocycles. The predicted molar refractivity (Wildman–Crippen MR) is 68.9 cm³/mol. The van der Waals surface area contributed by atoms with E-state index in [-0.39, 0.29) is 25.2 Å². The van der Waals surface area contributed by atoms with E-state index >= 15 is 0 Å². The molecule has 20 heavy (non-hydrogen) atoms. The molecule has 0 saturated carbocycles. The lowest BCUT2D eigenvalue weighted by molar-refractivity contribution is -0.197. The average molecular weight is 284 g/mol. The molecule has 0 atom stereocenters. The Morgan fingerprint density at radius 3 is 2.15 bits per heavy atom. The Morgan fingerprint density at radius 1 is 1.05 bits per heavy atom. The highest BCUT2D eigenvalue weighted by molar-refractivity contribution is 6.01. The number of hydrogen-bond acceptors (Lipinski definition) is 5. The average Bonchev–Trinajstić information content (AvgIpc) is 2.74. The Bertz CT molecular complexity index is 378. The topological polar surface area (TPSA) is 92.8 Å². The first kappa shape index (κ1) is 16.1. The van der Waals surface area contributed by atoms with Gasteiger partial charge in [-0.1, -0.05) is 12.8 Å². The van der Waals surface area contributed by atoms with Crippen LogP contribution in [0.1, 0.15) is 51.4 Å². The SMILES string of the molecule is CNC(=O)CCCCCCC(=O)ON1C(=O)CCC1=O. The van der Waals surface area contributed by atoms with Gasteiger partial charge < -0.3 is 10.2 Å². The molecule has 0 aromatic heterocycles. The van der Waals surface area contributed by atoms with Gasteiger partial charge >= 0.3 is 5.97 Å². The highest BCUT2D eigenvalue weighted by atomic mass is 16.7. The second-order valence-corrected chi connectivity index (χ2v) is 4.63. The molecule has 1 heterocycles. The van der Waals surface area contributed by atoms with Crippen molar-refractivity contribution in [1.29, 1.82) is 0 Å². The zero-order valence-electron chi connectivity index (χ0n) is 11.6. The summed E-state index contributed by atoms with van der Waals surface area (Å²) in [6.45, 7) is 0. The lowest BCUT2D eigenvalue weighted by atomic mass is 10.1. The Labute approximate surface area is 117 Å². The number of hydrogen-bond donors (Lipinski definition) is 1. The van der Waals surface area contributed by atoms with E-state index < -0.39 is 17.8 Å². The van der Waals surface area contributed by atoms with Crippen LogP contribution < -0.4 is 5.32 Å². The van der Waals surface area contributed by atoms with Crippen molar-refractivity contribution in [1.82, 2.24) is 10.4 Å². The number of rotatable bonds is 8. The summed E-state index contributed by atoms with van der Waals surface area (Å²) in [5.41, 5.74) is 0. The molecule has 0 aliphatic carbocycles. The number of carbonyl (C=O) groups is 4. The Kier molecular flexibility index (Phi) is 6.69. The second-order valence-electron chi connectivity index (χ2n) is 4.63. The summed E-state index contributed by atoms with van der Waals surface area (Å²) in [5, 5.41) is 3.10. The molecule has 112 valence electrons. The molecule has 0 radical (unpaired) electrons. The third-order valence-electron chi connectivity index (χ3n) is 3.01. The first-order valence-electron chi connectivity index (χ1n) is 6.81. The molecule has 0 spiro atoms. The summed E-state index contributed by atoms with van der Waals surface area (Å²) >= 11 is 0. The van der Waals surface area contributed by atoms with Crippen molar-refractivity contribution in [2.24, 2.45) is 0 Å². The molecule has 7 nitrogen and oxygen atoms in total. The first-order valence-corrected chi connectivity index (χ1v) is 6.81. The molecule has 1 aliphatic heterocycles. The first-order chi connectivity index (χ1) is 9.54. The van der Waals surface area contributed by atoms with Gasteiger partial charge in [-0.15, -0.1) is 5.06 Å². The fourth-order valence-corrected chi connectivity index (χ4v) is 1.84. The molecule has 1 fully saturated rings. The maximum absolute atomic E-state index is 11.4. The van der Waals surface area contributed by atoms with Crippen LogP contribution in [0.15, 0.2) is 0 Å². The lowest BCUT2D eigenvalue weighted by Gasteiger charge is -2.12. The van der Waals surface area contributed by atoms with Crippen LogP contribution in [0.4, 0.5) is 0 Å². The fraction of sp³-hybridized carbons (Fsp3) is 0.692. The van der Waals surface area contributed by atoms with Gasteiger partial charge in [0.2, 0.25) is 5.91 Å². The van der Waals surface area contributed by atoms with E-state index in [0.717, 1.165) is 19.3 Å². The van der Waals surface area contributed by atoms with E-state index in [2.05, 4.69) is 5.32 Å². The highest BCUT2D eigenvalue weighted by Gasteiger charge is 2.32. The van der Waals surface area contributed by atoms with Gasteiger partial charge in [-0.05, 0) is 12.8 Å². The summed E-state index contributed by atoms with van der Waals surface area (Å²) in [5.74, 6) is -1.49. The number of nitrogens with one attached hydrogen (secondary N) is 1. The van der Waals surface area contributed by atoms with Crippen molar-refractivity contribution in [2.75, 3.05) is 7.05 Å². The molecular formula is C13H20N2O5. The summed E-state index contributed by atoms with van der Waals surface area (Å²) in [7, 11) is 1.60. The van der Waals surface area contributed by atoms with E-state index in [1.54, 1.807) is 7.05 Å². The summed E-state index contributed by atoms with van der Waals surface area (Å²) in [6.07, 6.45) is 3.89. The van der Waals surface area contributed by atoms with Gasteiger partial charge in [0.1, 0.15) is 0 Å². The van der Waals surface area contributed by atoms with Crippen molar-refractivity contribution >= 4 is 23.7 Å². The predicted octanol–water partition coefficient (Wildman–Crippen LogP) is 0.680. The van der Waals surface area contributed by atoms with Gasteiger partial charge in [-0.25, -0.2) is 4.79 Å². The van der Waals surface area contributed by atoms with Crippen LogP contribution in [-0.4, -0.2) is 35.8 Å². The molecule has 0 unspecified atom stereocenters. The third kappa shape index (κ3) is 5.38. The maximum atomic E-state index is 11.4. The Morgan fingerprint density at radius 2 is 1.60 bits per heavy atom. The Balaban J connectivity index is 2.07. The molecule has 0 aromatic carbocycles. The van der Waals surface area contributed by atoms with Gasteiger partial charge in [0.25, 0.3) is 11.8 Å². The van der Waals surface area contributed by atoms with Gasteiger partial charge in [-0.2, -0.15) is 0 Å². The zero-order chi connectivity index (χ0) is 15.0. The van der Waals surface area contributed by atoms with Crippen molar-refractivity contribution in [3.05, 3.63) is 0 Å². The standard InChI is InChI=1S/C13H20N2O5/c1-14-10(16)6-4-2-3-5-7-13(19)20-15-11(17)8-9-12(15)18/h2-9H2,1H3,(H,14,16). The van der Waals surface area contributed by atoms with Gasteiger partial charge in [-0.3, -0.25) is 14.4 Å². The lowest BCUT2D eigenvalue weighted by Crippen LogP contribution is -2.31. The van der Waals surface area contributed by atoms with Crippen molar-refractivity contribution < 1.29 is 24.0 Å². The second kappa shape index (κ2) is 8.29. The molecule has 0 aromatic rings. The third-order valence-corrected chi connectivity index (χ3v) is 3.01. The molecule has 3 amide bonds. The van der Waals surface area contributed by atoms with Crippen LogP contribution in [0.25, 0.3) is 0 Å². The van der Waals surface area contributed by atoms with E-state index in [9.17, 15) is 19.2 Å². The summed E-state index contributed by atoms with van der Waals surface area (Å²) in [4.78, 5) is 49.6.